The Bertz CT molecular complexity index is 591. The molecule has 1 fully saturated rings. The van der Waals surface area contributed by atoms with Crippen LogP contribution in [0.4, 0.5) is 11.9 Å². The van der Waals surface area contributed by atoms with Gasteiger partial charge >= 0.3 is 0 Å². The molecule has 0 radical (unpaired) electrons. The SMILES string of the molecule is CNc1nc(N2CC(C)OC(C)C2)nc(-n2cncn2)n1. The van der Waals surface area contributed by atoms with E-state index in [9.17, 15) is 0 Å². The Labute approximate surface area is 122 Å². The lowest BCUT2D eigenvalue weighted by atomic mass is 10.2. The minimum absolute atomic E-state index is 0.137. The van der Waals surface area contributed by atoms with Gasteiger partial charge in [0.05, 0.1) is 12.2 Å². The molecule has 9 heteroatoms. The van der Waals surface area contributed by atoms with Gasteiger partial charge in [0, 0.05) is 20.1 Å². The van der Waals surface area contributed by atoms with Crippen LogP contribution in [0.1, 0.15) is 13.8 Å². The quantitative estimate of drug-likeness (QED) is 0.851. The molecule has 112 valence electrons. The Balaban J connectivity index is 1.96. The molecule has 9 nitrogen and oxygen atoms in total. The van der Waals surface area contributed by atoms with Crippen LogP contribution in [0.15, 0.2) is 12.7 Å². The number of hydrogen-bond acceptors (Lipinski definition) is 8. The van der Waals surface area contributed by atoms with E-state index in [0.29, 0.717) is 17.8 Å². The topological polar surface area (TPSA) is 93.9 Å². The number of anilines is 2. The van der Waals surface area contributed by atoms with Crippen LogP contribution in [-0.2, 0) is 4.74 Å². The first-order chi connectivity index (χ1) is 10.2. The zero-order chi connectivity index (χ0) is 14.8. The van der Waals surface area contributed by atoms with Crippen LogP contribution >= 0.6 is 0 Å². The molecule has 0 amide bonds. The minimum Gasteiger partial charge on any atom is -0.372 e. The molecule has 3 rings (SSSR count). The van der Waals surface area contributed by atoms with Crippen molar-refractivity contribution in [2.24, 2.45) is 0 Å². The van der Waals surface area contributed by atoms with E-state index in [1.165, 1.54) is 11.0 Å². The van der Waals surface area contributed by atoms with Gasteiger partial charge in [0.15, 0.2) is 0 Å². The summed E-state index contributed by atoms with van der Waals surface area (Å²) in [6.07, 6.45) is 3.28. The predicted molar refractivity (Wildman–Crippen MR) is 76.5 cm³/mol. The van der Waals surface area contributed by atoms with Crippen LogP contribution in [0, 0.1) is 0 Å². The Morgan fingerprint density at radius 1 is 1.14 bits per heavy atom. The van der Waals surface area contributed by atoms with Crippen molar-refractivity contribution in [3.8, 4) is 5.95 Å². The molecule has 1 N–H and O–H groups in total. The summed E-state index contributed by atoms with van der Waals surface area (Å²) in [5.41, 5.74) is 0. The highest BCUT2D eigenvalue weighted by atomic mass is 16.5. The molecule has 2 atom stereocenters. The van der Waals surface area contributed by atoms with Crippen molar-refractivity contribution in [1.29, 1.82) is 0 Å². The van der Waals surface area contributed by atoms with Crippen LogP contribution in [0.3, 0.4) is 0 Å². The van der Waals surface area contributed by atoms with Gasteiger partial charge in [0.1, 0.15) is 12.7 Å². The van der Waals surface area contributed by atoms with Gasteiger partial charge in [-0.25, -0.2) is 4.98 Å². The number of morpholine rings is 1. The molecule has 0 aliphatic carbocycles. The van der Waals surface area contributed by atoms with Gasteiger partial charge in [-0.15, -0.1) is 0 Å². The molecule has 3 heterocycles. The minimum atomic E-state index is 0.137. The fourth-order valence-electron chi connectivity index (χ4n) is 2.36. The number of hydrogen-bond donors (Lipinski definition) is 1. The average Bonchev–Trinajstić information content (AvgIpc) is 3.00. The van der Waals surface area contributed by atoms with Gasteiger partial charge < -0.3 is 15.0 Å². The standard InChI is InChI=1S/C12H18N8O/c1-8-4-19(5-9(2)21-8)11-16-10(13-3)17-12(18-11)20-7-14-6-15-20/h6-9H,4-5H2,1-3H3,(H,13,16,17,18). The molecule has 0 saturated carbocycles. The summed E-state index contributed by atoms with van der Waals surface area (Å²) in [4.78, 5) is 19.2. The number of nitrogens with zero attached hydrogens (tertiary/aromatic N) is 7. The van der Waals surface area contributed by atoms with Crippen molar-refractivity contribution < 1.29 is 4.74 Å². The smallest absolute Gasteiger partial charge is 0.258 e. The van der Waals surface area contributed by atoms with Gasteiger partial charge in [-0.05, 0) is 13.8 Å². The first kappa shape index (κ1) is 13.7. The highest BCUT2D eigenvalue weighted by molar-refractivity contribution is 5.40. The van der Waals surface area contributed by atoms with E-state index in [0.717, 1.165) is 13.1 Å². The third-order valence-corrected chi connectivity index (χ3v) is 3.16. The summed E-state index contributed by atoms with van der Waals surface area (Å²) in [7, 11) is 1.77. The van der Waals surface area contributed by atoms with E-state index in [1.54, 1.807) is 13.4 Å². The second kappa shape index (κ2) is 5.60. The molecule has 0 bridgehead atoms. The second-order valence-corrected chi connectivity index (χ2v) is 5.01. The van der Waals surface area contributed by atoms with E-state index in [2.05, 4.69) is 35.3 Å². The normalized spacial score (nSPS) is 22.3. The van der Waals surface area contributed by atoms with E-state index in [4.69, 9.17) is 4.74 Å². The van der Waals surface area contributed by atoms with Crippen molar-refractivity contribution in [2.75, 3.05) is 30.4 Å². The van der Waals surface area contributed by atoms with Crippen molar-refractivity contribution in [1.82, 2.24) is 29.7 Å². The Kier molecular flexibility index (Phi) is 3.65. The molecule has 21 heavy (non-hydrogen) atoms. The summed E-state index contributed by atoms with van der Waals surface area (Å²) < 4.78 is 7.25. The number of nitrogens with one attached hydrogen (secondary N) is 1. The molecular weight excluding hydrogens is 272 g/mol. The summed E-state index contributed by atoms with van der Waals surface area (Å²) >= 11 is 0. The lowest BCUT2D eigenvalue weighted by molar-refractivity contribution is -0.00572. The van der Waals surface area contributed by atoms with Crippen LogP contribution in [0.2, 0.25) is 0 Å². The highest BCUT2D eigenvalue weighted by Crippen LogP contribution is 2.18. The number of rotatable bonds is 3. The molecule has 2 aromatic rings. The van der Waals surface area contributed by atoms with Gasteiger partial charge in [-0.3, -0.25) is 0 Å². The van der Waals surface area contributed by atoms with Crippen molar-refractivity contribution in [2.45, 2.75) is 26.1 Å². The average molecular weight is 290 g/mol. The Morgan fingerprint density at radius 3 is 2.48 bits per heavy atom. The fourth-order valence-corrected chi connectivity index (χ4v) is 2.36. The third kappa shape index (κ3) is 2.92. The van der Waals surface area contributed by atoms with Gasteiger partial charge in [0.2, 0.25) is 11.9 Å². The van der Waals surface area contributed by atoms with E-state index in [-0.39, 0.29) is 12.2 Å². The second-order valence-electron chi connectivity index (χ2n) is 5.01. The maximum atomic E-state index is 5.74. The van der Waals surface area contributed by atoms with Gasteiger partial charge in [0.25, 0.3) is 5.95 Å². The first-order valence-corrected chi connectivity index (χ1v) is 6.85. The van der Waals surface area contributed by atoms with Crippen LogP contribution in [0.25, 0.3) is 5.95 Å². The molecule has 1 aliphatic rings. The first-order valence-electron chi connectivity index (χ1n) is 6.85. The zero-order valence-corrected chi connectivity index (χ0v) is 12.3. The number of ether oxygens (including phenoxy) is 1. The molecule has 1 saturated heterocycles. The summed E-state index contributed by atoms with van der Waals surface area (Å²) in [6, 6.07) is 0. The van der Waals surface area contributed by atoms with Crippen molar-refractivity contribution in [3.05, 3.63) is 12.7 Å². The molecular formula is C12H18N8O. The van der Waals surface area contributed by atoms with Gasteiger partial charge in [-0.2, -0.15) is 24.7 Å². The lowest BCUT2D eigenvalue weighted by Crippen LogP contribution is -2.46. The van der Waals surface area contributed by atoms with Crippen molar-refractivity contribution >= 4 is 11.9 Å². The third-order valence-electron chi connectivity index (χ3n) is 3.16. The fraction of sp³-hybridized carbons (Fsp3) is 0.583. The zero-order valence-electron chi connectivity index (χ0n) is 12.3. The predicted octanol–water partition coefficient (Wildman–Crippen LogP) is 0.108. The van der Waals surface area contributed by atoms with Gasteiger partial charge in [-0.1, -0.05) is 0 Å². The maximum Gasteiger partial charge on any atom is 0.258 e. The molecule has 0 aromatic carbocycles. The number of aromatic nitrogens is 6. The Hall–Kier alpha value is -2.29. The van der Waals surface area contributed by atoms with Crippen LogP contribution < -0.4 is 10.2 Å². The van der Waals surface area contributed by atoms with E-state index >= 15 is 0 Å². The highest BCUT2D eigenvalue weighted by Gasteiger charge is 2.25. The summed E-state index contributed by atoms with van der Waals surface area (Å²) in [6.45, 7) is 5.57. The largest absolute Gasteiger partial charge is 0.372 e. The molecule has 2 unspecified atom stereocenters. The molecule has 2 aromatic heterocycles. The molecule has 0 spiro atoms. The summed E-state index contributed by atoms with van der Waals surface area (Å²) in [5, 5.41) is 7.01. The maximum absolute atomic E-state index is 5.74. The summed E-state index contributed by atoms with van der Waals surface area (Å²) in [5.74, 6) is 1.55. The monoisotopic (exact) mass is 290 g/mol. The van der Waals surface area contributed by atoms with E-state index < -0.39 is 0 Å². The Morgan fingerprint density at radius 2 is 1.86 bits per heavy atom. The van der Waals surface area contributed by atoms with Crippen LogP contribution in [0.5, 0.6) is 0 Å². The van der Waals surface area contributed by atoms with Crippen molar-refractivity contribution in [3.63, 3.8) is 0 Å². The van der Waals surface area contributed by atoms with E-state index in [1.807, 2.05) is 13.8 Å². The molecule has 1 aliphatic heterocycles. The lowest BCUT2D eigenvalue weighted by Gasteiger charge is -2.35. The van der Waals surface area contributed by atoms with Crippen LogP contribution in [-0.4, -0.2) is 62.1 Å².